The average molecular weight is 354 g/mol. The third kappa shape index (κ3) is 3.14. The Morgan fingerprint density at radius 1 is 1.06 bits per heavy atom. The van der Waals surface area contributed by atoms with E-state index in [9.17, 15) is 13.2 Å². The molecule has 0 heterocycles. The highest BCUT2D eigenvalue weighted by Gasteiger charge is 2.33. The van der Waals surface area contributed by atoms with Gasteiger partial charge in [-0.25, -0.2) is 0 Å². The van der Waals surface area contributed by atoms with Crippen LogP contribution < -0.4 is 0 Å². The number of halogens is 4. The summed E-state index contributed by atoms with van der Waals surface area (Å²) in [5.74, 6) is 0.458. The molecule has 17 heavy (non-hydrogen) atoms. The number of rotatable bonds is 1. The third-order valence-corrected chi connectivity index (χ3v) is 4.27. The minimum atomic E-state index is -4.23. The van der Waals surface area contributed by atoms with Crippen molar-refractivity contribution < 1.29 is 13.2 Å². The van der Waals surface area contributed by atoms with Crippen LogP contribution in [0.1, 0.15) is 49.1 Å². The maximum Gasteiger partial charge on any atom is 0.417 e. The molecule has 0 nitrogen and oxygen atoms in total. The summed E-state index contributed by atoms with van der Waals surface area (Å²) in [6.45, 7) is 0. The Hall–Kier alpha value is -0.260. The predicted octanol–water partition coefficient (Wildman–Crippen LogP) is 5.36. The Morgan fingerprint density at radius 3 is 2.24 bits per heavy atom. The zero-order valence-corrected chi connectivity index (χ0v) is 11.5. The van der Waals surface area contributed by atoms with Gasteiger partial charge in [-0.2, -0.15) is 13.2 Å². The molecule has 2 rings (SSSR count). The van der Waals surface area contributed by atoms with Gasteiger partial charge in [-0.15, -0.1) is 0 Å². The normalized spacial score (nSPS) is 18.4. The number of benzene rings is 1. The number of hydrogen-bond donors (Lipinski definition) is 0. The molecule has 1 aromatic carbocycles. The Morgan fingerprint density at radius 2 is 1.71 bits per heavy atom. The van der Waals surface area contributed by atoms with Crippen LogP contribution in [0.4, 0.5) is 13.2 Å². The van der Waals surface area contributed by atoms with Gasteiger partial charge in [-0.3, -0.25) is 0 Å². The molecule has 0 bridgehead atoms. The van der Waals surface area contributed by atoms with Crippen LogP contribution in [0.5, 0.6) is 0 Å². The molecule has 94 valence electrons. The van der Waals surface area contributed by atoms with Gasteiger partial charge in [0.25, 0.3) is 0 Å². The van der Waals surface area contributed by atoms with Gasteiger partial charge in [-0.1, -0.05) is 25.3 Å². The second-order valence-corrected chi connectivity index (χ2v) is 5.73. The van der Waals surface area contributed by atoms with Gasteiger partial charge in [0.05, 0.1) is 5.56 Å². The van der Waals surface area contributed by atoms with Crippen LogP contribution in [-0.2, 0) is 6.18 Å². The lowest BCUT2D eigenvalue weighted by Crippen LogP contribution is -2.10. The summed E-state index contributed by atoms with van der Waals surface area (Å²) in [7, 11) is 0. The van der Waals surface area contributed by atoms with Gasteiger partial charge < -0.3 is 0 Å². The molecule has 0 aliphatic heterocycles. The van der Waals surface area contributed by atoms with Gasteiger partial charge in [0.15, 0.2) is 0 Å². The smallest absolute Gasteiger partial charge is 0.166 e. The minimum Gasteiger partial charge on any atom is -0.166 e. The highest BCUT2D eigenvalue weighted by atomic mass is 127. The Bertz CT molecular complexity index is 392. The van der Waals surface area contributed by atoms with Crippen molar-refractivity contribution in [2.24, 2.45) is 0 Å². The van der Waals surface area contributed by atoms with E-state index < -0.39 is 11.7 Å². The molecular weight excluding hydrogens is 340 g/mol. The van der Waals surface area contributed by atoms with Crippen molar-refractivity contribution in [1.82, 2.24) is 0 Å². The first kappa shape index (κ1) is 13.2. The summed E-state index contributed by atoms with van der Waals surface area (Å²) in [6, 6.07) is 4.59. The monoisotopic (exact) mass is 354 g/mol. The molecule has 0 aromatic heterocycles. The molecule has 1 aliphatic rings. The summed E-state index contributed by atoms with van der Waals surface area (Å²) in [6.07, 6.45) is 1.64. The largest absolute Gasteiger partial charge is 0.417 e. The fraction of sp³-hybridized carbons (Fsp3) is 0.538. The Labute approximate surface area is 113 Å². The molecule has 0 saturated heterocycles. The van der Waals surface area contributed by atoms with Crippen molar-refractivity contribution >= 4 is 22.6 Å². The van der Waals surface area contributed by atoms with Crippen LogP contribution in [0.2, 0.25) is 0 Å². The van der Waals surface area contributed by atoms with E-state index in [2.05, 4.69) is 0 Å². The van der Waals surface area contributed by atoms with Gasteiger partial charge in [0, 0.05) is 3.57 Å². The van der Waals surface area contributed by atoms with Gasteiger partial charge in [0.2, 0.25) is 0 Å². The molecule has 1 aromatic rings. The van der Waals surface area contributed by atoms with Gasteiger partial charge in [-0.05, 0) is 59.0 Å². The molecule has 1 saturated carbocycles. The van der Waals surface area contributed by atoms with E-state index in [1.807, 2.05) is 0 Å². The lowest BCUT2D eigenvalue weighted by atomic mass is 9.84. The van der Waals surface area contributed by atoms with Crippen LogP contribution in [-0.4, -0.2) is 0 Å². The van der Waals surface area contributed by atoms with E-state index >= 15 is 0 Å². The summed E-state index contributed by atoms with van der Waals surface area (Å²) in [4.78, 5) is 0. The molecule has 4 heteroatoms. The van der Waals surface area contributed by atoms with Crippen molar-refractivity contribution in [1.29, 1.82) is 0 Å². The Balaban J connectivity index is 2.24. The summed E-state index contributed by atoms with van der Waals surface area (Å²) < 4.78 is 38.2. The second-order valence-electron chi connectivity index (χ2n) is 4.57. The summed E-state index contributed by atoms with van der Waals surface area (Å²) >= 11 is 1.79. The number of alkyl halides is 3. The van der Waals surface area contributed by atoms with Crippen LogP contribution >= 0.6 is 22.6 Å². The highest BCUT2D eigenvalue weighted by molar-refractivity contribution is 14.1. The molecule has 1 fully saturated rings. The third-order valence-electron chi connectivity index (χ3n) is 3.38. The molecule has 1 aliphatic carbocycles. The van der Waals surface area contributed by atoms with Gasteiger partial charge in [0.1, 0.15) is 0 Å². The Kier molecular flexibility index (Phi) is 4.00. The molecule has 0 radical (unpaired) electrons. The summed E-state index contributed by atoms with van der Waals surface area (Å²) in [5.41, 5.74) is 0.555. The zero-order valence-electron chi connectivity index (χ0n) is 9.36. The molecule has 0 unspecified atom stereocenters. The van der Waals surface area contributed by atoms with E-state index in [4.69, 9.17) is 0 Å². The maximum atomic E-state index is 12.6. The molecule has 0 amide bonds. The van der Waals surface area contributed by atoms with Gasteiger partial charge >= 0.3 is 6.18 Å². The quantitative estimate of drug-likeness (QED) is 0.596. The zero-order chi connectivity index (χ0) is 12.5. The first-order valence-corrected chi connectivity index (χ1v) is 6.93. The van der Waals surface area contributed by atoms with E-state index in [0.717, 1.165) is 18.4 Å². The fourth-order valence-corrected chi connectivity index (χ4v) is 3.30. The first-order chi connectivity index (χ1) is 7.98. The fourth-order valence-electron chi connectivity index (χ4n) is 2.45. The van der Waals surface area contributed by atoms with E-state index in [1.54, 1.807) is 34.7 Å². The SMILES string of the molecule is FC(F)(F)c1ccc(C2CCCCC2)cc1I. The average Bonchev–Trinajstić information content (AvgIpc) is 2.28. The van der Waals surface area contributed by atoms with Crippen molar-refractivity contribution in [2.75, 3.05) is 0 Å². The maximum absolute atomic E-state index is 12.6. The highest BCUT2D eigenvalue weighted by Crippen LogP contribution is 2.37. The van der Waals surface area contributed by atoms with E-state index in [-0.39, 0.29) is 0 Å². The lowest BCUT2D eigenvalue weighted by Gasteiger charge is -2.22. The minimum absolute atomic E-state index is 0.318. The molecule has 0 N–H and O–H groups in total. The molecule has 0 spiro atoms. The van der Waals surface area contributed by atoms with Crippen LogP contribution in [0.3, 0.4) is 0 Å². The van der Waals surface area contributed by atoms with E-state index in [1.165, 1.54) is 25.3 Å². The topological polar surface area (TPSA) is 0 Å². The lowest BCUT2D eigenvalue weighted by molar-refractivity contribution is -0.138. The second kappa shape index (κ2) is 5.16. The van der Waals surface area contributed by atoms with E-state index in [0.29, 0.717) is 9.49 Å². The number of hydrogen-bond acceptors (Lipinski definition) is 0. The van der Waals surface area contributed by atoms with Crippen LogP contribution in [0.15, 0.2) is 18.2 Å². The standard InChI is InChI=1S/C13H14F3I/c14-13(15,16)11-7-6-10(8-12(11)17)9-4-2-1-3-5-9/h6-9H,1-5H2. The molecule has 0 atom stereocenters. The van der Waals surface area contributed by atoms with Crippen LogP contribution in [0, 0.1) is 3.57 Å². The molecular formula is C13H14F3I. The van der Waals surface area contributed by atoms with Crippen LogP contribution in [0.25, 0.3) is 0 Å². The van der Waals surface area contributed by atoms with Crippen molar-refractivity contribution in [3.05, 3.63) is 32.9 Å². The van der Waals surface area contributed by atoms with Crippen molar-refractivity contribution in [3.63, 3.8) is 0 Å². The first-order valence-electron chi connectivity index (χ1n) is 5.85. The van der Waals surface area contributed by atoms with Crippen molar-refractivity contribution in [2.45, 2.75) is 44.2 Å². The predicted molar refractivity (Wildman–Crippen MR) is 70.0 cm³/mol. The summed E-state index contributed by atoms with van der Waals surface area (Å²) in [5, 5.41) is 0. The van der Waals surface area contributed by atoms with Crippen molar-refractivity contribution in [3.8, 4) is 0 Å².